The Balaban J connectivity index is 2.38. The first-order valence-electron chi connectivity index (χ1n) is 8.25. The maximum Gasteiger partial charge on any atom is 0.356 e. The summed E-state index contributed by atoms with van der Waals surface area (Å²) in [6.45, 7) is 3.27. The second-order valence-corrected chi connectivity index (χ2v) is 6.79. The summed E-state index contributed by atoms with van der Waals surface area (Å²) in [5.41, 5.74) is 4.33. The van der Waals surface area contributed by atoms with Crippen LogP contribution in [0.15, 0.2) is 24.4 Å². The average Bonchev–Trinajstić information content (AvgIpc) is 3.02. The number of carbonyl (C=O) groups is 2. The van der Waals surface area contributed by atoms with Crippen molar-refractivity contribution < 1.29 is 23.1 Å². The van der Waals surface area contributed by atoms with Crippen LogP contribution in [0, 0.1) is 17.6 Å². The maximum absolute atomic E-state index is 15.4. The van der Waals surface area contributed by atoms with Crippen LogP contribution in [0.4, 0.5) is 14.5 Å². The summed E-state index contributed by atoms with van der Waals surface area (Å²) in [7, 11) is 1.16. The van der Waals surface area contributed by atoms with E-state index in [-0.39, 0.29) is 27.3 Å². The third-order valence-corrected chi connectivity index (χ3v) is 4.53. The van der Waals surface area contributed by atoms with E-state index in [1.807, 2.05) is 0 Å². The normalized spacial score (nSPS) is 11.2. The van der Waals surface area contributed by atoms with Gasteiger partial charge >= 0.3 is 5.97 Å². The average molecular weight is 408 g/mol. The molecule has 9 heteroatoms. The zero-order valence-corrected chi connectivity index (χ0v) is 16.0. The first kappa shape index (κ1) is 19.8. The number of rotatable bonds is 3. The van der Waals surface area contributed by atoms with Gasteiger partial charge in [0.15, 0.2) is 11.6 Å². The van der Waals surface area contributed by atoms with Crippen molar-refractivity contribution in [2.45, 2.75) is 13.8 Å². The number of hydrogen-bond acceptors (Lipinski definition) is 5. The van der Waals surface area contributed by atoms with Crippen molar-refractivity contribution in [3.63, 3.8) is 0 Å². The highest BCUT2D eigenvalue weighted by Gasteiger charge is 2.28. The molecule has 0 fully saturated rings. The third kappa shape index (κ3) is 2.99. The quantitative estimate of drug-likeness (QED) is 0.516. The number of benzene rings is 1. The summed E-state index contributed by atoms with van der Waals surface area (Å²) in [6.07, 6.45) is 1.20. The Labute approximate surface area is 163 Å². The highest BCUT2D eigenvalue weighted by molar-refractivity contribution is 6.37. The molecule has 0 radical (unpaired) electrons. The van der Waals surface area contributed by atoms with E-state index < -0.39 is 40.7 Å². The molecule has 0 saturated carbocycles. The maximum atomic E-state index is 15.4. The Hall–Kier alpha value is -3.00. The number of carbonyl (C=O) groups excluding carboxylic acids is 2. The molecule has 6 nitrogen and oxygen atoms in total. The zero-order chi connectivity index (χ0) is 20.7. The molecule has 2 N–H and O–H groups in total. The summed E-state index contributed by atoms with van der Waals surface area (Å²) in [5, 5.41) is -0.152. The van der Waals surface area contributed by atoms with Gasteiger partial charge in [0.2, 0.25) is 5.91 Å². The molecule has 28 heavy (non-hydrogen) atoms. The zero-order valence-electron chi connectivity index (χ0n) is 15.2. The molecule has 0 bridgehead atoms. The Morgan fingerprint density at radius 1 is 1.25 bits per heavy atom. The summed E-state index contributed by atoms with van der Waals surface area (Å²) in [6, 6.07) is 4.06. The second-order valence-electron chi connectivity index (χ2n) is 6.38. The van der Waals surface area contributed by atoms with Crippen LogP contribution in [0.2, 0.25) is 5.02 Å². The van der Waals surface area contributed by atoms with Crippen molar-refractivity contribution in [2.75, 3.05) is 12.8 Å². The third-order valence-electron chi connectivity index (χ3n) is 4.24. The van der Waals surface area contributed by atoms with Gasteiger partial charge in [0, 0.05) is 17.5 Å². The second kappa shape index (κ2) is 7.20. The van der Waals surface area contributed by atoms with Crippen molar-refractivity contribution in [3.8, 4) is 11.3 Å². The first-order chi connectivity index (χ1) is 13.2. The molecule has 146 valence electrons. The summed E-state index contributed by atoms with van der Waals surface area (Å²) in [5.74, 6) is -3.82. The molecule has 0 amide bonds. The lowest BCUT2D eigenvalue weighted by Crippen LogP contribution is -2.17. The number of hydrogen-bond donors (Lipinski definition) is 1. The molecule has 3 rings (SSSR count). The SMILES string of the molecule is COC(=O)c1cccc(-c2c(F)c(N)c3c(Cl)cn(C(=O)C(C)C)c3c2F)n1. The van der Waals surface area contributed by atoms with Gasteiger partial charge < -0.3 is 10.5 Å². The summed E-state index contributed by atoms with van der Waals surface area (Å²) in [4.78, 5) is 28.1. The fraction of sp³-hybridized carbons (Fsp3) is 0.211. The van der Waals surface area contributed by atoms with Crippen LogP contribution in [0.3, 0.4) is 0 Å². The van der Waals surface area contributed by atoms with Crippen LogP contribution in [0.1, 0.15) is 29.1 Å². The predicted octanol–water partition coefficient (Wildman–Crippen LogP) is 4.30. The molecule has 0 spiro atoms. The van der Waals surface area contributed by atoms with Crippen molar-refractivity contribution >= 4 is 40.1 Å². The van der Waals surface area contributed by atoms with Crippen molar-refractivity contribution in [1.29, 1.82) is 0 Å². The van der Waals surface area contributed by atoms with E-state index in [0.717, 1.165) is 11.7 Å². The molecular formula is C19H16ClF2N3O3. The number of nitrogen functional groups attached to an aromatic ring is 1. The first-order valence-corrected chi connectivity index (χ1v) is 8.63. The smallest absolute Gasteiger partial charge is 0.356 e. The molecular weight excluding hydrogens is 392 g/mol. The number of ether oxygens (including phenoxy) is 1. The number of methoxy groups -OCH3 is 1. The fourth-order valence-electron chi connectivity index (χ4n) is 2.88. The molecule has 2 heterocycles. The van der Waals surface area contributed by atoms with Crippen molar-refractivity contribution in [2.24, 2.45) is 5.92 Å². The monoisotopic (exact) mass is 407 g/mol. The minimum absolute atomic E-state index is 0.0536. The Morgan fingerprint density at radius 2 is 1.93 bits per heavy atom. The lowest BCUT2D eigenvalue weighted by Gasteiger charge is -2.13. The standard InChI is InChI=1S/C19H16ClF2N3O3/c1-8(2)18(26)25-7-9(20)12-16(23)14(21)13(15(22)17(12)25)10-5-4-6-11(24-10)19(27)28-3/h4-8H,23H2,1-3H3. The number of aromatic nitrogens is 2. The predicted molar refractivity (Wildman–Crippen MR) is 101 cm³/mol. The molecule has 3 aromatic rings. The number of anilines is 1. The van der Waals surface area contributed by atoms with E-state index in [4.69, 9.17) is 17.3 Å². The molecule has 0 aliphatic carbocycles. The molecule has 0 atom stereocenters. The van der Waals surface area contributed by atoms with Crippen LogP contribution >= 0.6 is 11.6 Å². The summed E-state index contributed by atoms with van der Waals surface area (Å²) < 4.78 is 36.0. The van der Waals surface area contributed by atoms with Crippen LogP contribution in [-0.4, -0.2) is 28.5 Å². The van der Waals surface area contributed by atoms with Crippen molar-refractivity contribution in [1.82, 2.24) is 9.55 Å². The van der Waals surface area contributed by atoms with E-state index in [0.29, 0.717) is 0 Å². The van der Waals surface area contributed by atoms with E-state index >= 15 is 4.39 Å². The van der Waals surface area contributed by atoms with E-state index in [1.165, 1.54) is 24.4 Å². The number of halogens is 3. The number of fused-ring (bicyclic) bond motifs is 1. The van der Waals surface area contributed by atoms with Gasteiger partial charge in [-0.15, -0.1) is 0 Å². The van der Waals surface area contributed by atoms with Gasteiger partial charge in [-0.25, -0.2) is 18.6 Å². The van der Waals surface area contributed by atoms with Crippen LogP contribution in [0.25, 0.3) is 22.2 Å². The van der Waals surface area contributed by atoms with E-state index in [2.05, 4.69) is 9.72 Å². The van der Waals surface area contributed by atoms with Gasteiger partial charge in [-0.1, -0.05) is 31.5 Å². The molecule has 0 unspecified atom stereocenters. The Kier molecular flexibility index (Phi) is 5.08. The van der Waals surface area contributed by atoms with E-state index in [9.17, 15) is 14.0 Å². The van der Waals surface area contributed by atoms with Gasteiger partial charge in [0.25, 0.3) is 0 Å². The van der Waals surface area contributed by atoms with E-state index in [1.54, 1.807) is 13.8 Å². The minimum Gasteiger partial charge on any atom is -0.464 e. The number of pyridine rings is 1. The molecule has 0 saturated heterocycles. The topological polar surface area (TPSA) is 87.2 Å². The van der Waals surface area contributed by atoms with Crippen LogP contribution in [0.5, 0.6) is 0 Å². The fourth-order valence-corrected chi connectivity index (χ4v) is 3.16. The molecule has 1 aromatic carbocycles. The number of esters is 1. The van der Waals surface area contributed by atoms with Gasteiger partial charge in [-0.05, 0) is 12.1 Å². The van der Waals surface area contributed by atoms with Gasteiger partial charge in [-0.3, -0.25) is 9.36 Å². The Morgan fingerprint density at radius 3 is 2.54 bits per heavy atom. The van der Waals surface area contributed by atoms with Crippen molar-refractivity contribution in [3.05, 3.63) is 46.7 Å². The molecule has 2 aromatic heterocycles. The van der Waals surface area contributed by atoms with Crippen LogP contribution < -0.4 is 5.73 Å². The largest absolute Gasteiger partial charge is 0.464 e. The number of nitrogens with two attached hydrogens (primary N) is 1. The lowest BCUT2D eigenvalue weighted by molar-refractivity contribution is 0.0594. The van der Waals surface area contributed by atoms with Gasteiger partial charge in [-0.2, -0.15) is 0 Å². The van der Waals surface area contributed by atoms with Gasteiger partial charge in [0.05, 0.1) is 34.6 Å². The van der Waals surface area contributed by atoms with Crippen LogP contribution in [-0.2, 0) is 4.74 Å². The van der Waals surface area contributed by atoms with Gasteiger partial charge in [0.1, 0.15) is 5.69 Å². The molecule has 0 aliphatic heterocycles. The minimum atomic E-state index is -1.09. The lowest BCUT2D eigenvalue weighted by atomic mass is 10.0. The number of nitrogens with zero attached hydrogens (tertiary/aromatic N) is 2. The highest BCUT2D eigenvalue weighted by Crippen LogP contribution is 2.40. The highest BCUT2D eigenvalue weighted by atomic mass is 35.5. The Bertz CT molecular complexity index is 1130. The summed E-state index contributed by atoms with van der Waals surface area (Å²) >= 11 is 6.10. The molecule has 0 aliphatic rings.